The average molecular weight is 442 g/mol. The van der Waals surface area contributed by atoms with Crippen molar-refractivity contribution in [1.29, 1.82) is 0 Å². The van der Waals surface area contributed by atoms with Gasteiger partial charge in [-0.15, -0.1) is 0 Å². The molecule has 31 heavy (non-hydrogen) atoms. The summed E-state index contributed by atoms with van der Waals surface area (Å²) in [5.74, 6) is -0.845. The molecule has 1 aliphatic carbocycles. The van der Waals surface area contributed by atoms with E-state index in [0.29, 0.717) is 16.1 Å². The molecule has 4 nitrogen and oxygen atoms in total. The SMILES string of the molecule is O=C1C(=Cc2nc3sc(-c4ccc(F)cc4)nc3s2)C(=O)c2cc3ccccc3cc21. The Bertz CT molecular complexity index is 1490. The summed E-state index contributed by atoms with van der Waals surface area (Å²) in [5, 5.41) is 3.17. The highest BCUT2D eigenvalue weighted by atomic mass is 32.1. The van der Waals surface area contributed by atoms with Crippen LogP contribution in [-0.2, 0) is 0 Å². The minimum absolute atomic E-state index is 0.130. The molecule has 2 aromatic heterocycles. The third-order valence-electron chi connectivity index (χ3n) is 5.22. The fourth-order valence-corrected chi connectivity index (χ4v) is 5.70. The van der Waals surface area contributed by atoms with Crippen LogP contribution >= 0.6 is 22.7 Å². The van der Waals surface area contributed by atoms with Crippen LogP contribution in [0.25, 0.3) is 37.1 Å². The summed E-state index contributed by atoms with van der Waals surface area (Å²) in [6.45, 7) is 0. The number of nitrogens with zero attached hydrogens (tertiary/aromatic N) is 2. The topological polar surface area (TPSA) is 59.9 Å². The van der Waals surface area contributed by atoms with Crippen molar-refractivity contribution < 1.29 is 14.0 Å². The van der Waals surface area contributed by atoms with Crippen molar-refractivity contribution in [2.75, 3.05) is 0 Å². The van der Waals surface area contributed by atoms with Crippen LogP contribution in [0.5, 0.6) is 0 Å². The number of fused-ring (bicyclic) bond motifs is 3. The van der Waals surface area contributed by atoms with Gasteiger partial charge < -0.3 is 0 Å². The van der Waals surface area contributed by atoms with E-state index in [2.05, 4.69) is 9.97 Å². The first-order chi connectivity index (χ1) is 15.1. The van der Waals surface area contributed by atoms with Gasteiger partial charge >= 0.3 is 0 Å². The van der Waals surface area contributed by atoms with E-state index in [-0.39, 0.29) is 23.0 Å². The smallest absolute Gasteiger partial charge is 0.197 e. The van der Waals surface area contributed by atoms with Crippen LogP contribution in [0.1, 0.15) is 25.7 Å². The van der Waals surface area contributed by atoms with Gasteiger partial charge in [-0.3, -0.25) is 9.59 Å². The van der Waals surface area contributed by atoms with Gasteiger partial charge in [0.2, 0.25) is 0 Å². The number of halogens is 1. The Morgan fingerprint density at radius 1 is 0.774 bits per heavy atom. The van der Waals surface area contributed by atoms with Gasteiger partial charge in [0, 0.05) is 16.7 Å². The lowest BCUT2D eigenvalue weighted by Crippen LogP contribution is -1.99. The van der Waals surface area contributed by atoms with Crippen LogP contribution < -0.4 is 0 Å². The van der Waals surface area contributed by atoms with E-state index in [9.17, 15) is 14.0 Å². The third-order valence-corrected chi connectivity index (χ3v) is 7.24. The first-order valence-corrected chi connectivity index (χ1v) is 11.1. The first-order valence-electron chi connectivity index (χ1n) is 9.44. The summed E-state index contributed by atoms with van der Waals surface area (Å²) < 4.78 is 13.1. The van der Waals surface area contributed by atoms with Crippen molar-refractivity contribution in [3.8, 4) is 10.6 Å². The summed E-state index contributed by atoms with van der Waals surface area (Å²) in [4.78, 5) is 36.4. The summed E-state index contributed by atoms with van der Waals surface area (Å²) in [7, 11) is 0. The van der Waals surface area contributed by atoms with Crippen molar-refractivity contribution in [3.05, 3.63) is 88.2 Å². The maximum atomic E-state index is 13.1. The molecule has 0 aliphatic heterocycles. The molecule has 0 unspecified atom stereocenters. The number of hydrogen-bond donors (Lipinski definition) is 0. The number of Topliss-reactive ketones (excluding diaryl/α,β-unsaturated/α-hetero) is 2. The van der Waals surface area contributed by atoms with Gasteiger partial charge in [-0.1, -0.05) is 46.9 Å². The van der Waals surface area contributed by atoms with Crippen molar-refractivity contribution in [2.45, 2.75) is 0 Å². The van der Waals surface area contributed by atoms with Crippen molar-refractivity contribution >= 4 is 60.7 Å². The standard InChI is InChI=1S/C24H11FN2O2S2/c25-15-7-5-12(6-8-15)22-27-24-23(31-22)26-19(30-24)11-18-20(28)16-9-13-3-1-2-4-14(13)10-17(16)21(18)29/h1-11H. The molecule has 0 saturated heterocycles. The molecule has 0 saturated carbocycles. The van der Waals surface area contributed by atoms with Gasteiger partial charge in [0.25, 0.3) is 0 Å². The lowest BCUT2D eigenvalue weighted by atomic mass is 10.0. The molecule has 0 fully saturated rings. The second-order valence-corrected chi connectivity index (χ2v) is 9.14. The average Bonchev–Trinajstić information content (AvgIpc) is 3.40. The van der Waals surface area contributed by atoms with Crippen LogP contribution in [0.15, 0.2) is 66.2 Å². The zero-order valence-electron chi connectivity index (χ0n) is 15.8. The van der Waals surface area contributed by atoms with Crippen LogP contribution in [0.4, 0.5) is 4.39 Å². The molecule has 7 heteroatoms. The highest BCUT2D eigenvalue weighted by molar-refractivity contribution is 7.28. The number of carbonyl (C=O) groups excluding carboxylic acids is 2. The lowest BCUT2D eigenvalue weighted by molar-refractivity contribution is 0.0990. The van der Waals surface area contributed by atoms with E-state index < -0.39 is 0 Å². The van der Waals surface area contributed by atoms with E-state index in [1.807, 2.05) is 24.3 Å². The summed E-state index contributed by atoms with van der Waals surface area (Å²) in [6, 6.07) is 17.4. The number of aromatic nitrogens is 2. The van der Waals surface area contributed by atoms with Crippen LogP contribution in [0.3, 0.4) is 0 Å². The summed E-state index contributed by atoms with van der Waals surface area (Å²) in [5.41, 5.74) is 1.82. The van der Waals surface area contributed by atoms with E-state index in [0.717, 1.165) is 31.0 Å². The van der Waals surface area contributed by atoms with Crippen molar-refractivity contribution in [2.24, 2.45) is 0 Å². The zero-order chi connectivity index (χ0) is 21.1. The van der Waals surface area contributed by atoms with Gasteiger partial charge in [0.1, 0.15) is 15.8 Å². The monoisotopic (exact) mass is 442 g/mol. The molecule has 3 aromatic carbocycles. The van der Waals surface area contributed by atoms with E-state index in [1.165, 1.54) is 34.8 Å². The van der Waals surface area contributed by atoms with Gasteiger partial charge in [-0.05, 0) is 53.2 Å². The van der Waals surface area contributed by atoms with Gasteiger partial charge in [0.15, 0.2) is 21.2 Å². The van der Waals surface area contributed by atoms with E-state index in [1.54, 1.807) is 30.3 Å². The molecule has 0 bridgehead atoms. The molecule has 0 spiro atoms. The van der Waals surface area contributed by atoms with Gasteiger partial charge in [0.05, 0.1) is 5.57 Å². The van der Waals surface area contributed by atoms with Gasteiger partial charge in [-0.25, -0.2) is 14.4 Å². The number of rotatable bonds is 2. The number of ketones is 2. The van der Waals surface area contributed by atoms with Crippen LogP contribution in [0.2, 0.25) is 0 Å². The molecular formula is C24H11FN2O2S2. The lowest BCUT2D eigenvalue weighted by Gasteiger charge is -2.00. The van der Waals surface area contributed by atoms with E-state index >= 15 is 0 Å². The largest absolute Gasteiger partial charge is 0.288 e. The van der Waals surface area contributed by atoms with Crippen LogP contribution in [-0.4, -0.2) is 21.5 Å². The van der Waals surface area contributed by atoms with Crippen molar-refractivity contribution in [3.63, 3.8) is 0 Å². The van der Waals surface area contributed by atoms with E-state index in [4.69, 9.17) is 0 Å². The molecule has 148 valence electrons. The molecule has 6 rings (SSSR count). The summed E-state index contributed by atoms with van der Waals surface area (Å²) in [6.07, 6.45) is 1.56. The number of benzene rings is 3. The number of allylic oxidation sites excluding steroid dienone is 1. The quantitative estimate of drug-likeness (QED) is 0.242. The normalized spacial score (nSPS) is 13.4. The molecule has 2 heterocycles. The zero-order valence-corrected chi connectivity index (χ0v) is 17.4. The highest BCUT2D eigenvalue weighted by Crippen LogP contribution is 2.36. The Hall–Kier alpha value is -3.55. The van der Waals surface area contributed by atoms with Crippen LogP contribution in [0, 0.1) is 5.82 Å². The second-order valence-electron chi connectivity index (χ2n) is 7.15. The maximum Gasteiger partial charge on any atom is 0.197 e. The molecule has 0 atom stereocenters. The minimum Gasteiger partial charge on any atom is -0.288 e. The first kappa shape index (κ1) is 18.2. The minimum atomic E-state index is -0.297. The van der Waals surface area contributed by atoms with Crippen molar-refractivity contribution in [1.82, 2.24) is 9.97 Å². The molecule has 0 amide bonds. The number of thiazole rings is 2. The number of hydrogen-bond acceptors (Lipinski definition) is 6. The Labute approximate surface area is 183 Å². The number of carbonyl (C=O) groups is 2. The predicted molar refractivity (Wildman–Crippen MR) is 121 cm³/mol. The molecule has 0 radical (unpaired) electrons. The Kier molecular flexibility index (Phi) is 3.96. The predicted octanol–water partition coefficient (Wildman–Crippen LogP) is 6.17. The molecule has 1 aliphatic rings. The fourth-order valence-electron chi connectivity index (χ4n) is 3.70. The Morgan fingerprint density at radius 2 is 1.39 bits per heavy atom. The second kappa shape index (κ2) is 6.73. The molecule has 5 aromatic rings. The molecular weight excluding hydrogens is 431 g/mol. The molecule has 0 N–H and O–H groups in total. The Morgan fingerprint density at radius 3 is 2.00 bits per heavy atom. The summed E-state index contributed by atoms with van der Waals surface area (Å²) >= 11 is 2.71. The van der Waals surface area contributed by atoms with Gasteiger partial charge in [-0.2, -0.15) is 0 Å². The maximum absolute atomic E-state index is 13.1. The Balaban J connectivity index is 1.38. The third kappa shape index (κ3) is 2.93. The highest BCUT2D eigenvalue weighted by Gasteiger charge is 2.33. The fraction of sp³-hybridized carbons (Fsp3) is 0.